The molecule has 1 N–H and O–H groups in total. The van der Waals surface area contributed by atoms with Crippen molar-refractivity contribution in [1.29, 1.82) is 0 Å². The van der Waals surface area contributed by atoms with E-state index in [1.165, 1.54) is 69.9 Å². The lowest BCUT2D eigenvalue weighted by atomic mass is 9.63. The van der Waals surface area contributed by atoms with Crippen LogP contribution in [0.15, 0.2) is 24.3 Å². The van der Waals surface area contributed by atoms with Crippen molar-refractivity contribution in [2.45, 2.75) is 102 Å². The Balaban J connectivity index is 1.44. The van der Waals surface area contributed by atoms with E-state index >= 15 is 0 Å². The van der Waals surface area contributed by atoms with Gasteiger partial charge < -0.3 is 5.11 Å². The Morgan fingerprint density at radius 3 is 2.00 bits per heavy atom. The number of rotatable bonds is 4. The molecule has 1 aromatic carbocycles. The minimum Gasteiger partial charge on any atom is -0.481 e. The number of alkyl halides is 3. The maximum Gasteiger partial charge on any atom is 0.416 e. The molecule has 2 spiro atoms. The predicted octanol–water partition coefficient (Wildman–Crippen LogP) is 7.26. The van der Waals surface area contributed by atoms with Crippen LogP contribution < -0.4 is 0 Å². The predicted molar refractivity (Wildman–Crippen MR) is 126 cm³/mol. The molecule has 0 aromatic heterocycles. The summed E-state index contributed by atoms with van der Waals surface area (Å²) in [6.45, 7) is 2.22. The van der Waals surface area contributed by atoms with Gasteiger partial charge in [-0.05, 0) is 91.7 Å². The first-order valence-corrected chi connectivity index (χ1v) is 13.3. The number of nitrogens with zero attached hydrogens (tertiary/aromatic N) is 1. The second kappa shape index (κ2) is 9.15. The normalized spacial score (nSPS) is 31.3. The zero-order valence-corrected chi connectivity index (χ0v) is 20.1. The van der Waals surface area contributed by atoms with Gasteiger partial charge in [0.15, 0.2) is 0 Å². The fourth-order valence-electron chi connectivity index (χ4n) is 8.37. The minimum absolute atomic E-state index is 0.0896. The molecule has 6 heteroatoms. The zero-order valence-electron chi connectivity index (χ0n) is 20.1. The van der Waals surface area contributed by atoms with Crippen molar-refractivity contribution >= 4 is 5.97 Å². The highest BCUT2D eigenvalue weighted by Gasteiger charge is 2.52. The van der Waals surface area contributed by atoms with E-state index < -0.39 is 17.7 Å². The van der Waals surface area contributed by atoms with Crippen LogP contribution in [0.3, 0.4) is 0 Å². The highest BCUT2D eigenvalue weighted by Crippen LogP contribution is 2.57. The topological polar surface area (TPSA) is 40.5 Å². The average molecular weight is 478 g/mol. The summed E-state index contributed by atoms with van der Waals surface area (Å²) in [5.74, 6) is -0.593. The third-order valence-electron chi connectivity index (χ3n) is 9.68. The molecule has 3 saturated carbocycles. The van der Waals surface area contributed by atoms with E-state index in [1.807, 2.05) is 0 Å². The van der Waals surface area contributed by atoms with Crippen molar-refractivity contribution in [3.05, 3.63) is 35.4 Å². The van der Waals surface area contributed by atoms with E-state index in [-0.39, 0.29) is 24.3 Å². The molecule has 0 unspecified atom stereocenters. The smallest absolute Gasteiger partial charge is 0.416 e. The van der Waals surface area contributed by atoms with Crippen LogP contribution in [0.4, 0.5) is 13.2 Å². The molecule has 4 aliphatic rings. The molecule has 0 radical (unpaired) electrons. The summed E-state index contributed by atoms with van der Waals surface area (Å²) in [5.41, 5.74) is 1.15. The average Bonchev–Trinajstić information content (AvgIpc) is 3.42. The van der Waals surface area contributed by atoms with Gasteiger partial charge in [0.2, 0.25) is 0 Å². The number of hydrogen-bond donors (Lipinski definition) is 1. The number of piperidine rings is 1. The van der Waals surface area contributed by atoms with Crippen molar-refractivity contribution in [3.8, 4) is 0 Å². The fraction of sp³-hybridized carbons (Fsp3) is 0.750. The van der Waals surface area contributed by atoms with Gasteiger partial charge in [0.1, 0.15) is 0 Å². The van der Waals surface area contributed by atoms with Gasteiger partial charge >= 0.3 is 12.1 Å². The fourth-order valence-corrected chi connectivity index (χ4v) is 8.37. The van der Waals surface area contributed by atoms with Crippen LogP contribution in [-0.2, 0) is 11.0 Å². The van der Waals surface area contributed by atoms with Gasteiger partial charge in [0.25, 0.3) is 0 Å². The van der Waals surface area contributed by atoms with E-state index in [4.69, 9.17) is 0 Å². The molecule has 3 atom stereocenters. The second-order valence-corrected chi connectivity index (χ2v) is 12.1. The summed E-state index contributed by atoms with van der Waals surface area (Å²) in [5, 5.41) is 9.41. The molecule has 3 nitrogen and oxygen atoms in total. The number of carboxylic acids is 1. The molecule has 1 aromatic rings. The van der Waals surface area contributed by atoms with E-state index in [0.717, 1.165) is 37.9 Å². The maximum absolute atomic E-state index is 13.2. The molecule has 188 valence electrons. The maximum atomic E-state index is 13.2. The van der Waals surface area contributed by atoms with Crippen LogP contribution in [0.25, 0.3) is 0 Å². The summed E-state index contributed by atoms with van der Waals surface area (Å²) in [6.07, 6.45) is 10.3. The quantitative estimate of drug-likeness (QED) is 0.496. The van der Waals surface area contributed by atoms with Crippen molar-refractivity contribution in [2.75, 3.05) is 13.1 Å². The SMILES string of the molecule is O=C(O)C[C@@H]1CC[C@@H](N2CC3(CCCC3)CC3(CCCC3)C2)[C@H](c2ccc(C(F)(F)F)cc2)C1. The molecule has 5 rings (SSSR count). The van der Waals surface area contributed by atoms with Crippen LogP contribution in [-0.4, -0.2) is 35.1 Å². The lowest BCUT2D eigenvalue weighted by Crippen LogP contribution is -2.56. The van der Waals surface area contributed by atoms with Crippen molar-refractivity contribution < 1.29 is 23.1 Å². The van der Waals surface area contributed by atoms with Gasteiger partial charge in [-0.2, -0.15) is 13.2 Å². The van der Waals surface area contributed by atoms with Crippen LogP contribution in [0, 0.1) is 16.7 Å². The largest absolute Gasteiger partial charge is 0.481 e. The zero-order chi connectivity index (χ0) is 24.0. The Kier molecular flexibility index (Phi) is 6.50. The first kappa shape index (κ1) is 24.1. The number of hydrogen-bond acceptors (Lipinski definition) is 2. The first-order valence-electron chi connectivity index (χ1n) is 13.3. The molecule has 4 fully saturated rings. The monoisotopic (exact) mass is 477 g/mol. The Morgan fingerprint density at radius 1 is 0.941 bits per heavy atom. The number of aliphatic carboxylic acids is 1. The Morgan fingerprint density at radius 2 is 1.50 bits per heavy atom. The van der Waals surface area contributed by atoms with E-state index in [0.29, 0.717) is 10.8 Å². The van der Waals surface area contributed by atoms with Crippen LogP contribution in [0.1, 0.15) is 101 Å². The summed E-state index contributed by atoms with van der Waals surface area (Å²) >= 11 is 0. The van der Waals surface area contributed by atoms with E-state index in [1.54, 1.807) is 12.1 Å². The molecular weight excluding hydrogens is 439 g/mol. The van der Waals surface area contributed by atoms with Crippen molar-refractivity contribution in [3.63, 3.8) is 0 Å². The summed E-state index contributed by atoms with van der Waals surface area (Å²) in [4.78, 5) is 14.2. The van der Waals surface area contributed by atoms with Gasteiger partial charge in [-0.25, -0.2) is 0 Å². The molecule has 34 heavy (non-hydrogen) atoms. The highest BCUT2D eigenvalue weighted by atomic mass is 19.4. The van der Waals surface area contributed by atoms with Gasteiger partial charge in [-0.15, -0.1) is 0 Å². The van der Waals surface area contributed by atoms with Gasteiger partial charge in [-0.1, -0.05) is 37.8 Å². The third kappa shape index (κ3) is 4.89. The summed E-state index contributed by atoms with van der Waals surface area (Å²) < 4.78 is 39.6. The Labute approximate surface area is 201 Å². The van der Waals surface area contributed by atoms with Crippen LogP contribution in [0.2, 0.25) is 0 Å². The van der Waals surface area contributed by atoms with Gasteiger partial charge in [-0.3, -0.25) is 9.69 Å². The summed E-state index contributed by atoms with van der Waals surface area (Å²) in [7, 11) is 0. The Bertz CT molecular complexity index is 845. The molecule has 0 amide bonds. The number of halogens is 3. The van der Waals surface area contributed by atoms with Crippen LogP contribution >= 0.6 is 0 Å². The van der Waals surface area contributed by atoms with Crippen molar-refractivity contribution in [1.82, 2.24) is 4.90 Å². The minimum atomic E-state index is -4.34. The van der Waals surface area contributed by atoms with E-state index in [9.17, 15) is 23.1 Å². The second-order valence-electron chi connectivity index (χ2n) is 12.1. The number of likely N-dealkylation sites (tertiary alicyclic amines) is 1. The highest BCUT2D eigenvalue weighted by molar-refractivity contribution is 5.67. The Hall–Kier alpha value is -1.56. The molecule has 3 aliphatic carbocycles. The van der Waals surface area contributed by atoms with Crippen LogP contribution in [0.5, 0.6) is 0 Å². The number of carboxylic acid groups (broad SMARTS) is 1. The number of carbonyl (C=O) groups is 1. The van der Waals surface area contributed by atoms with Gasteiger partial charge in [0.05, 0.1) is 5.56 Å². The molecule has 1 saturated heterocycles. The van der Waals surface area contributed by atoms with E-state index in [2.05, 4.69) is 4.90 Å². The molecular formula is C28H38F3NO2. The molecule has 0 bridgehead atoms. The standard InChI is InChI=1S/C28H38F3NO2/c29-28(30,31)22-8-6-21(7-9-22)23-15-20(16-25(33)34)5-10-24(23)32-18-26(11-1-2-12-26)17-27(19-32)13-3-4-14-27/h6-9,20,23-24H,1-5,10-19H2,(H,33,34)/t20-,23+,24-/m1/s1. The summed E-state index contributed by atoms with van der Waals surface area (Å²) in [6, 6.07) is 6.02. The molecule has 1 aliphatic heterocycles. The number of benzene rings is 1. The van der Waals surface area contributed by atoms with Gasteiger partial charge in [0, 0.05) is 25.6 Å². The lowest BCUT2D eigenvalue weighted by molar-refractivity contribution is -0.139. The lowest BCUT2D eigenvalue weighted by Gasteiger charge is -2.55. The third-order valence-corrected chi connectivity index (χ3v) is 9.68. The molecule has 1 heterocycles. The first-order chi connectivity index (χ1) is 16.2. The van der Waals surface area contributed by atoms with Crippen molar-refractivity contribution in [2.24, 2.45) is 16.7 Å².